The van der Waals surface area contributed by atoms with Gasteiger partial charge in [0.1, 0.15) is 16.3 Å². The molecule has 2 aliphatic rings. The van der Waals surface area contributed by atoms with Crippen molar-refractivity contribution in [1.82, 2.24) is 4.57 Å². The molecule has 1 aromatic heterocycles. The third-order valence-electron chi connectivity index (χ3n) is 6.50. The molecule has 1 N–H and O–H groups in total. The zero-order valence-corrected chi connectivity index (χ0v) is 23.8. The van der Waals surface area contributed by atoms with Crippen LogP contribution in [0.1, 0.15) is 49.4 Å². The molecule has 0 radical (unpaired) electrons. The molecule has 0 saturated carbocycles. The molecule has 5 rings (SSSR count). The molecule has 1 atom stereocenters. The van der Waals surface area contributed by atoms with Crippen molar-refractivity contribution in [3.8, 4) is 5.75 Å². The number of amides is 1. The zero-order valence-electron chi connectivity index (χ0n) is 21.4. The van der Waals surface area contributed by atoms with Crippen molar-refractivity contribution in [3.63, 3.8) is 0 Å². The molecule has 0 bridgehead atoms. The number of methoxy groups -OCH3 is 1. The van der Waals surface area contributed by atoms with Crippen LogP contribution in [0.3, 0.4) is 0 Å². The van der Waals surface area contributed by atoms with E-state index in [1.807, 2.05) is 44.2 Å². The highest BCUT2D eigenvalue weighted by molar-refractivity contribution is 9.10. The average molecular weight is 597 g/mol. The molecule has 3 heterocycles. The maximum absolute atomic E-state index is 14.2. The summed E-state index contributed by atoms with van der Waals surface area (Å²) in [5.41, 5.74) is 3.67. The largest absolute Gasteiger partial charge is 0.496 e. The van der Waals surface area contributed by atoms with Crippen molar-refractivity contribution in [2.24, 2.45) is 4.99 Å². The number of ether oxygens (including phenoxy) is 2. The fourth-order valence-corrected chi connectivity index (χ4v) is 6.39. The molecule has 8 nitrogen and oxygen atoms in total. The van der Waals surface area contributed by atoms with E-state index in [2.05, 4.69) is 21.2 Å². The number of fused-ring (bicyclic) bond motifs is 2. The molecule has 38 heavy (non-hydrogen) atoms. The fourth-order valence-electron chi connectivity index (χ4n) is 4.89. The Bertz CT molecular complexity index is 1700. The minimum Gasteiger partial charge on any atom is -0.496 e. The van der Waals surface area contributed by atoms with Crippen molar-refractivity contribution < 1.29 is 19.1 Å². The number of esters is 1. The third kappa shape index (κ3) is 4.31. The van der Waals surface area contributed by atoms with E-state index in [4.69, 9.17) is 14.5 Å². The van der Waals surface area contributed by atoms with E-state index in [9.17, 15) is 14.4 Å². The van der Waals surface area contributed by atoms with Crippen molar-refractivity contribution in [1.29, 1.82) is 0 Å². The van der Waals surface area contributed by atoms with Crippen LogP contribution in [0.2, 0.25) is 0 Å². The van der Waals surface area contributed by atoms with Crippen LogP contribution >= 0.6 is 27.3 Å². The number of benzene rings is 2. The van der Waals surface area contributed by atoms with Crippen molar-refractivity contribution in [2.75, 3.05) is 19.0 Å². The SMILES string of the molecule is CCCC1=C(C(=O)OCC)[C@@H](c2cc(Br)ccc2OC)n2c(s/c(=C3/C(=O)Nc4ccc(C)cc43)c2=O)=N1. The highest BCUT2D eigenvalue weighted by Crippen LogP contribution is 2.38. The van der Waals surface area contributed by atoms with Crippen LogP contribution in [0.5, 0.6) is 5.75 Å². The summed E-state index contributed by atoms with van der Waals surface area (Å²) in [6.07, 6.45) is 1.25. The normalized spacial score (nSPS) is 17.5. The zero-order chi connectivity index (χ0) is 27.1. The van der Waals surface area contributed by atoms with Crippen molar-refractivity contribution in [3.05, 3.63) is 88.5 Å². The van der Waals surface area contributed by atoms with Gasteiger partial charge in [0, 0.05) is 21.3 Å². The smallest absolute Gasteiger partial charge is 0.338 e. The summed E-state index contributed by atoms with van der Waals surface area (Å²) < 4.78 is 13.6. The maximum atomic E-state index is 14.2. The minimum atomic E-state index is -0.852. The van der Waals surface area contributed by atoms with E-state index in [0.29, 0.717) is 50.6 Å². The van der Waals surface area contributed by atoms with Gasteiger partial charge < -0.3 is 14.8 Å². The maximum Gasteiger partial charge on any atom is 0.338 e. The molecule has 2 aliphatic heterocycles. The number of nitrogens with one attached hydrogen (secondary N) is 1. The summed E-state index contributed by atoms with van der Waals surface area (Å²) in [6.45, 7) is 5.85. The molecular weight excluding hydrogens is 570 g/mol. The molecule has 196 valence electrons. The quantitative estimate of drug-likeness (QED) is 0.435. The van der Waals surface area contributed by atoms with E-state index < -0.39 is 17.6 Å². The number of anilines is 1. The first-order chi connectivity index (χ1) is 18.3. The first kappa shape index (κ1) is 26.1. The molecule has 10 heteroatoms. The van der Waals surface area contributed by atoms with Crippen LogP contribution < -0.4 is 24.9 Å². The van der Waals surface area contributed by atoms with E-state index in [1.54, 1.807) is 20.1 Å². The Kier molecular flexibility index (Phi) is 7.11. The number of halogens is 1. The lowest BCUT2D eigenvalue weighted by molar-refractivity contribution is -0.139. The predicted octanol–water partition coefficient (Wildman–Crippen LogP) is 3.98. The van der Waals surface area contributed by atoms with E-state index in [-0.39, 0.29) is 17.0 Å². The Balaban J connectivity index is 1.89. The molecule has 0 aliphatic carbocycles. The molecule has 0 saturated heterocycles. The minimum absolute atomic E-state index is 0.176. The van der Waals surface area contributed by atoms with Gasteiger partial charge in [-0.1, -0.05) is 52.2 Å². The summed E-state index contributed by atoms with van der Waals surface area (Å²) in [4.78, 5) is 45.9. The summed E-state index contributed by atoms with van der Waals surface area (Å²) in [7, 11) is 1.54. The second kappa shape index (κ2) is 10.3. The summed E-state index contributed by atoms with van der Waals surface area (Å²) in [5, 5.41) is 2.86. The molecule has 0 unspecified atom stereocenters. The van der Waals surface area contributed by atoms with Gasteiger partial charge in [-0.25, -0.2) is 9.79 Å². The van der Waals surface area contributed by atoms with Crippen LogP contribution in [0.15, 0.2) is 61.9 Å². The lowest BCUT2D eigenvalue weighted by Gasteiger charge is -2.27. The highest BCUT2D eigenvalue weighted by Gasteiger charge is 2.37. The lowest BCUT2D eigenvalue weighted by Crippen LogP contribution is -2.41. The first-order valence-electron chi connectivity index (χ1n) is 12.3. The number of thiazole rings is 1. The second-order valence-corrected chi connectivity index (χ2v) is 10.9. The highest BCUT2D eigenvalue weighted by atomic mass is 79.9. The monoisotopic (exact) mass is 595 g/mol. The van der Waals surface area contributed by atoms with Gasteiger partial charge in [-0.2, -0.15) is 0 Å². The Morgan fingerprint density at radius 1 is 1.18 bits per heavy atom. The number of carbonyl (C=O) groups is 2. The summed E-state index contributed by atoms with van der Waals surface area (Å²) in [5.74, 6) is -0.370. The van der Waals surface area contributed by atoms with Gasteiger partial charge in [-0.3, -0.25) is 14.2 Å². The number of aromatic nitrogens is 1. The number of hydrogen-bond donors (Lipinski definition) is 1. The number of aryl methyl sites for hydroxylation is 1. The van der Waals surface area contributed by atoms with Crippen LogP contribution in [-0.2, 0) is 14.3 Å². The van der Waals surface area contributed by atoms with E-state index in [0.717, 1.165) is 27.8 Å². The van der Waals surface area contributed by atoms with Gasteiger partial charge in [-0.15, -0.1) is 0 Å². The van der Waals surface area contributed by atoms with Crippen LogP contribution in [0.25, 0.3) is 5.57 Å². The predicted molar refractivity (Wildman–Crippen MR) is 149 cm³/mol. The van der Waals surface area contributed by atoms with Crippen molar-refractivity contribution >= 4 is 50.4 Å². The molecule has 0 fully saturated rings. The molecule has 3 aromatic rings. The van der Waals surface area contributed by atoms with Gasteiger partial charge in [0.2, 0.25) is 0 Å². The van der Waals surface area contributed by atoms with Crippen LogP contribution in [0, 0.1) is 6.92 Å². The van der Waals surface area contributed by atoms with Gasteiger partial charge in [0.25, 0.3) is 11.5 Å². The number of rotatable bonds is 6. The average Bonchev–Trinajstić information content (AvgIpc) is 3.38. The van der Waals surface area contributed by atoms with Crippen LogP contribution in [-0.4, -0.2) is 30.2 Å². The topological polar surface area (TPSA) is 99.0 Å². The lowest BCUT2D eigenvalue weighted by atomic mass is 9.93. The molecule has 0 spiro atoms. The van der Waals surface area contributed by atoms with Gasteiger partial charge >= 0.3 is 5.97 Å². The van der Waals surface area contributed by atoms with E-state index >= 15 is 0 Å². The Morgan fingerprint density at radius 2 is 1.97 bits per heavy atom. The molecular formula is C28H26BrN3O5S. The fraction of sp³-hybridized carbons (Fsp3) is 0.286. The Hall–Kier alpha value is -3.50. The number of hydrogen-bond acceptors (Lipinski definition) is 7. The third-order valence-corrected chi connectivity index (χ3v) is 8.05. The van der Waals surface area contributed by atoms with Crippen LogP contribution in [0.4, 0.5) is 5.69 Å². The first-order valence-corrected chi connectivity index (χ1v) is 13.9. The number of allylic oxidation sites excluding steroid dienone is 1. The van der Waals surface area contributed by atoms with E-state index in [1.165, 1.54) is 4.57 Å². The molecule has 2 aromatic carbocycles. The summed E-state index contributed by atoms with van der Waals surface area (Å²) in [6, 6.07) is 10.2. The standard InChI is InChI=1S/C28H26BrN3O5S/c1-5-7-19-22(27(35)37-6-2)23(17-13-15(29)9-11-20(17)36-4)32-26(34)24(38-28(32)31-19)21-16-12-14(3)8-10-18(16)30-25(21)33/h8-13,23H,5-7H2,1-4H3,(H,30,33)/b24-21+/t23-/m1/s1. The Labute approximate surface area is 231 Å². The van der Waals surface area contributed by atoms with Gasteiger partial charge in [-0.05, 0) is 50.6 Å². The number of nitrogens with zero attached hydrogens (tertiary/aromatic N) is 2. The van der Waals surface area contributed by atoms with Gasteiger partial charge in [0.15, 0.2) is 4.80 Å². The molecule has 1 amide bonds. The van der Waals surface area contributed by atoms with Crippen molar-refractivity contribution in [2.45, 2.75) is 39.7 Å². The Morgan fingerprint density at radius 3 is 2.68 bits per heavy atom. The number of carbonyl (C=O) groups excluding carboxylic acids is 2. The summed E-state index contributed by atoms with van der Waals surface area (Å²) >= 11 is 4.68. The van der Waals surface area contributed by atoms with Gasteiger partial charge in [0.05, 0.1) is 30.6 Å². The second-order valence-electron chi connectivity index (χ2n) is 9.00.